The van der Waals surface area contributed by atoms with Crippen molar-refractivity contribution in [2.75, 3.05) is 6.54 Å². The molecule has 130 valence electrons. The van der Waals surface area contributed by atoms with Gasteiger partial charge in [-0.25, -0.2) is 0 Å². The fourth-order valence-electron chi connectivity index (χ4n) is 2.03. The summed E-state index contributed by atoms with van der Waals surface area (Å²) in [5, 5.41) is 13.4. The van der Waals surface area contributed by atoms with Crippen molar-refractivity contribution in [3.8, 4) is 5.75 Å². The second-order valence-corrected chi connectivity index (χ2v) is 8.11. The summed E-state index contributed by atoms with van der Waals surface area (Å²) < 4.78 is 29.4. The number of aliphatic hydroxyl groups is 1. The molecule has 0 aliphatic carbocycles. The Hall–Kier alpha value is -1.89. The van der Waals surface area contributed by atoms with Crippen molar-refractivity contribution >= 4 is 10.1 Å². The van der Waals surface area contributed by atoms with Gasteiger partial charge in [-0.3, -0.25) is 0 Å². The third-order valence-electron chi connectivity index (χ3n) is 3.33. The van der Waals surface area contributed by atoms with Crippen LogP contribution in [0, 0.1) is 0 Å². The predicted octanol–water partition coefficient (Wildman–Crippen LogP) is 2.88. The van der Waals surface area contributed by atoms with Gasteiger partial charge in [0.2, 0.25) is 0 Å². The zero-order chi connectivity index (χ0) is 17.8. The van der Waals surface area contributed by atoms with Crippen LogP contribution in [0.3, 0.4) is 0 Å². The fourth-order valence-corrected chi connectivity index (χ4v) is 2.98. The van der Waals surface area contributed by atoms with Crippen LogP contribution in [0.4, 0.5) is 0 Å². The first-order chi connectivity index (χ1) is 11.2. The maximum absolute atomic E-state index is 12.2. The molecule has 24 heavy (non-hydrogen) atoms. The summed E-state index contributed by atoms with van der Waals surface area (Å²) in [6, 6.07) is 14.4. The summed E-state index contributed by atoms with van der Waals surface area (Å²) in [6.45, 7) is 6.47. The van der Waals surface area contributed by atoms with Gasteiger partial charge in [0.05, 0.1) is 6.10 Å². The molecular formula is C18H23NO4S. The van der Waals surface area contributed by atoms with E-state index in [4.69, 9.17) is 4.18 Å². The van der Waals surface area contributed by atoms with Gasteiger partial charge in [0.15, 0.2) is 0 Å². The molecule has 0 aliphatic heterocycles. The van der Waals surface area contributed by atoms with Crippen LogP contribution in [-0.4, -0.2) is 25.6 Å². The number of benzene rings is 2. The highest BCUT2D eigenvalue weighted by molar-refractivity contribution is 7.87. The first-order valence-electron chi connectivity index (χ1n) is 7.70. The van der Waals surface area contributed by atoms with Gasteiger partial charge in [0.25, 0.3) is 0 Å². The molecule has 0 bridgehead atoms. The van der Waals surface area contributed by atoms with Gasteiger partial charge in [-0.15, -0.1) is 0 Å². The van der Waals surface area contributed by atoms with Crippen molar-refractivity contribution in [3.63, 3.8) is 0 Å². The van der Waals surface area contributed by atoms with E-state index in [0.717, 1.165) is 0 Å². The zero-order valence-corrected chi connectivity index (χ0v) is 14.9. The molecule has 2 aromatic carbocycles. The Morgan fingerprint density at radius 3 is 2.17 bits per heavy atom. The van der Waals surface area contributed by atoms with Crippen LogP contribution < -0.4 is 9.50 Å². The first-order valence-corrected chi connectivity index (χ1v) is 9.11. The molecule has 0 unspecified atom stereocenters. The Kier molecular flexibility index (Phi) is 5.64. The van der Waals surface area contributed by atoms with Crippen LogP contribution in [0.25, 0.3) is 0 Å². The molecule has 2 rings (SSSR count). The van der Waals surface area contributed by atoms with Crippen molar-refractivity contribution in [3.05, 3.63) is 60.2 Å². The van der Waals surface area contributed by atoms with Gasteiger partial charge >= 0.3 is 10.1 Å². The van der Waals surface area contributed by atoms with E-state index < -0.39 is 16.2 Å². The van der Waals surface area contributed by atoms with E-state index >= 15 is 0 Å². The monoisotopic (exact) mass is 349 g/mol. The number of hydrogen-bond donors (Lipinski definition) is 2. The molecule has 0 amide bonds. The van der Waals surface area contributed by atoms with Crippen LogP contribution >= 0.6 is 0 Å². The molecule has 0 aliphatic rings. The Bertz CT molecular complexity index is 750. The van der Waals surface area contributed by atoms with Crippen LogP contribution in [0.1, 0.15) is 32.4 Å². The Balaban J connectivity index is 2.04. The molecule has 0 radical (unpaired) electrons. The standard InChI is InChI=1S/C18H23NO4S/c1-18(2,3)19-13-17(20)14-9-11-15(12-10-14)23-24(21,22)16-7-5-4-6-8-16/h4-12,17,19-20H,13H2,1-3H3/t17-/m1/s1. The molecule has 0 saturated heterocycles. The average Bonchev–Trinajstić information content (AvgIpc) is 2.53. The largest absolute Gasteiger partial charge is 0.387 e. The van der Waals surface area contributed by atoms with E-state index in [-0.39, 0.29) is 16.2 Å². The topological polar surface area (TPSA) is 75.6 Å². The summed E-state index contributed by atoms with van der Waals surface area (Å²) in [5.41, 5.74) is 0.601. The Morgan fingerprint density at radius 1 is 1.04 bits per heavy atom. The maximum Gasteiger partial charge on any atom is 0.339 e. The van der Waals surface area contributed by atoms with Crippen LogP contribution in [-0.2, 0) is 10.1 Å². The summed E-state index contributed by atoms with van der Waals surface area (Å²) >= 11 is 0. The first kappa shape index (κ1) is 18.4. The predicted molar refractivity (Wildman–Crippen MR) is 93.4 cm³/mol. The summed E-state index contributed by atoms with van der Waals surface area (Å²) in [6.07, 6.45) is -0.677. The zero-order valence-electron chi connectivity index (χ0n) is 14.1. The minimum atomic E-state index is -3.85. The van der Waals surface area contributed by atoms with E-state index in [1.807, 2.05) is 20.8 Å². The minimum absolute atomic E-state index is 0.0895. The van der Waals surface area contributed by atoms with Crippen LogP contribution in [0.5, 0.6) is 5.75 Å². The van der Waals surface area contributed by atoms with E-state index in [9.17, 15) is 13.5 Å². The van der Waals surface area contributed by atoms with E-state index in [0.29, 0.717) is 12.1 Å². The second kappa shape index (κ2) is 7.34. The number of hydrogen-bond acceptors (Lipinski definition) is 5. The smallest absolute Gasteiger partial charge is 0.339 e. The highest BCUT2D eigenvalue weighted by Gasteiger charge is 2.17. The molecule has 0 aromatic heterocycles. The normalized spacial score (nSPS) is 13.5. The fraction of sp³-hybridized carbons (Fsp3) is 0.333. The molecule has 2 N–H and O–H groups in total. The molecule has 6 heteroatoms. The van der Waals surface area contributed by atoms with Crippen molar-refractivity contribution in [2.24, 2.45) is 0 Å². The molecule has 1 atom stereocenters. The Morgan fingerprint density at radius 2 is 1.62 bits per heavy atom. The lowest BCUT2D eigenvalue weighted by molar-refractivity contribution is 0.163. The van der Waals surface area contributed by atoms with Crippen LogP contribution in [0.15, 0.2) is 59.5 Å². The Labute approximate surface area is 143 Å². The number of β-amino-alcohol motifs (C(OH)–C–C–N with tert-alkyl or cyclic N) is 1. The molecule has 0 heterocycles. The molecule has 0 saturated carbocycles. The molecule has 2 aromatic rings. The van der Waals surface area contributed by atoms with Gasteiger partial charge in [0.1, 0.15) is 10.6 Å². The van der Waals surface area contributed by atoms with E-state index in [1.54, 1.807) is 30.3 Å². The average molecular weight is 349 g/mol. The highest BCUT2D eigenvalue weighted by atomic mass is 32.2. The lowest BCUT2D eigenvalue weighted by atomic mass is 10.1. The molecule has 5 nitrogen and oxygen atoms in total. The second-order valence-electron chi connectivity index (χ2n) is 6.57. The third kappa shape index (κ3) is 5.33. The molecular weight excluding hydrogens is 326 g/mol. The molecule has 0 spiro atoms. The summed E-state index contributed by atoms with van der Waals surface area (Å²) in [4.78, 5) is 0.100. The van der Waals surface area contributed by atoms with Gasteiger partial charge in [0, 0.05) is 12.1 Å². The van der Waals surface area contributed by atoms with Crippen molar-refractivity contribution in [1.29, 1.82) is 0 Å². The minimum Gasteiger partial charge on any atom is -0.387 e. The highest BCUT2D eigenvalue weighted by Crippen LogP contribution is 2.21. The molecule has 0 fully saturated rings. The summed E-state index contributed by atoms with van der Waals surface area (Å²) in [5.74, 6) is 0.207. The van der Waals surface area contributed by atoms with Crippen LogP contribution in [0.2, 0.25) is 0 Å². The van der Waals surface area contributed by atoms with Gasteiger partial charge < -0.3 is 14.6 Å². The van der Waals surface area contributed by atoms with Gasteiger partial charge in [-0.1, -0.05) is 30.3 Å². The van der Waals surface area contributed by atoms with Gasteiger partial charge in [-0.05, 0) is 50.6 Å². The van der Waals surface area contributed by atoms with Crippen molar-refractivity contribution in [2.45, 2.75) is 37.3 Å². The number of aliphatic hydroxyl groups excluding tert-OH is 1. The summed E-state index contributed by atoms with van der Waals surface area (Å²) in [7, 11) is -3.85. The SMILES string of the molecule is CC(C)(C)NC[C@@H](O)c1ccc(OS(=O)(=O)c2ccccc2)cc1. The third-order valence-corrected chi connectivity index (χ3v) is 4.59. The lowest BCUT2D eigenvalue weighted by Crippen LogP contribution is -2.38. The number of rotatable bonds is 6. The van der Waals surface area contributed by atoms with Crippen molar-refractivity contribution < 1.29 is 17.7 Å². The van der Waals surface area contributed by atoms with E-state index in [2.05, 4.69) is 5.32 Å². The van der Waals surface area contributed by atoms with E-state index in [1.165, 1.54) is 24.3 Å². The van der Waals surface area contributed by atoms with Gasteiger partial charge in [-0.2, -0.15) is 8.42 Å². The van der Waals surface area contributed by atoms with Crippen molar-refractivity contribution in [1.82, 2.24) is 5.32 Å². The number of nitrogens with one attached hydrogen (secondary N) is 1. The quantitative estimate of drug-likeness (QED) is 0.784. The maximum atomic E-state index is 12.2. The lowest BCUT2D eigenvalue weighted by Gasteiger charge is -2.23.